The molecule has 2 aromatic rings. The Labute approximate surface area is 201 Å². The van der Waals surface area contributed by atoms with Gasteiger partial charge in [0.2, 0.25) is 0 Å². The number of rotatable bonds is 5. The highest BCUT2D eigenvalue weighted by Crippen LogP contribution is 2.39. The van der Waals surface area contributed by atoms with Gasteiger partial charge in [0.25, 0.3) is 5.91 Å². The molecule has 2 aromatic carbocycles. The maximum absolute atomic E-state index is 14.9. The zero-order valence-corrected chi connectivity index (χ0v) is 18.8. The van der Waals surface area contributed by atoms with Crippen LogP contribution in [0.3, 0.4) is 0 Å². The highest BCUT2D eigenvalue weighted by Gasteiger charge is 2.51. The van der Waals surface area contributed by atoms with Gasteiger partial charge in [-0.15, -0.1) is 0 Å². The first-order valence-corrected chi connectivity index (χ1v) is 10.7. The third-order valence-electron chi connectivity index (χ3n) is 5.73. The number of carbonyl (C=O) groups excluding carboxylic acids is 3. The van der Waals surface area contributed by atoms with Crippen molar-refractivity contribution < 1.29 is 36.7 Å². The molecular weight excluding hydrogens is 496 g/mol. The second kappa shape index (κ2) is 9.70. The number of amides is 4. The summed E-state index contributed by atoms with van der Waals surface area (Å²) in [6.07, 6.45) is -3.34. The van der Waals surface area contributed by atoms with Crippen LogP contribution in [0.25, 0.3) is 0 Å². The van der Waals surface area contributed by atoms with E-state index in [0.29, 0.717) is 26.3 Å². The number of anilines is 1. The van der Waals surface area contributed by atoms with Crippen molar-refractivity contribution in [1.82, 2.24) is 15.8 Å². The summed E-state index contributed by atoms with van der Waals surface area (Å²) in [6.45, 7) is 1.76. The molecule has 2 heterocycles. The Morgan fingerprint density at radius 2 is 1.77 bits per heavy atom. The van der Waals surface area contributed by atoms with Crippen molar-refractivity contribution in [2.24, 2.45) is 5.41 Å². The van der Waals surface area contributed by atoms with Crippen molar-refractivity contribution in [3.63, 3.8) is 0 Å². The summed E-state index contributed by atoms with van der Waals surface area (Å²) < 4.78 is 58.2. The minimum Gasteiger partial charge on any atom is -0.380 e. The van der Waals surface area contributed by atoms with Gasteiger partial charge in [-0.2, -0.15) is 8.78 Å². The Hall–Kier alpha value is -3.38. The molecule has 2 aliphatic rings. The molecule has 186 valence electrons. The van der Waals surface area contributed by atoms with Crippen molar-refractivity contribution in [2.45, 2.75) is 13.0 Å². The highest BCUT2D eigenvalue weighted by molar-refractivity contribution is 6.31. The van der Waals surface area contributed by atoms with Crippen molar-refractivity contribution >= 4 is 35.1 Å². The number of nitrogens with one attached hydrogen (secondary N) is 2. The summed E-state index contributed by atoms with van der Waals surface area (Å²) in [5.74, 6) is -4.28. The van der Waals surface area contributed by atoms with E-state index in [1.54, 1.807) is 10.3 Å². The lowest BCUT2D eigenvalue weighted by Gasteiger charge is -2.55. The second-order valence-corrected chi connectivity index (χ2v) is 8.77. The number of carbonyl (C=O) groups is 3. The van der Waals surface area contributed by atoms with E-state index in [2.05, 4.69) is 0 Å². The predicted molar refractivity (Wildman–Crippen MR) is 116 cm³/mol. The molecule has 0 aliphatic carbocycles. The number of halogens is 5. The number of alkyl halides is 2. The van der Waals surface area contributed by atoms with E-state index >= 15 is 0 Å². The Morgan fingerprint density at radius 3 is 2.34 bits per heavy atom. The van der Waals surface area contributed by atoms with Crippen molar-refractivity contribution in [2.75, 3.05) is 31.2 Å². The molecule has 0 unspecified atom stereocenters. The summed E-state index contributed by atoms with van der Waals surface area (Å²) in [4.78, 5) is 38.9. The number of benzene rings is 2. The Bertz CT molecular complexity index is 1170. The number of urea groups is 1. The molecule has 2 N–H and O–H groups in total. The fraction of sp³-hybridized carbons (Fsp3) is 0.318. The predicted octanol–water partition coefficient (Wildman–Crippen LogP) is 3.10. The SMILES string of the molecule is O=C(NNC(=O)C(F)F)c1ccc(CN(C(=O)N2CC3(COC3)C2)c2ccc(F)c(Cl)c2)c(F)c1. The Balaban J connectivity index is 1.52. The molecule has 0 saturated carbocycles. The summed E-state index contributed by atoms with van der Waals surface area (Å²) in [6, 6.07) is 6.52. The third kappa shape index (κ3) is 5.17. The van der Waals surface area contributed by atoms with E-state index in [1.807, 2.05) is 0 Å². The number of nitrogens with zero attached hydrogens (tertiary/aromatic N) is 2. The van der Waals surface area contributed by atoms with Crippen LogP contribution in [0.1, 0.15) is 15.9 Å². The molecule has 2 aliphatic heterocycles. The van der Waals surface area contributed by atoms with Crippen LogP contribution >= 0.6 is 11.6 Å². The van der Waals surface area contributed by atoms with E-state index in [4.69, 9.17) is 16.3 Å². The molecule has 4 amide bonds. The minimum atomic E-state index is -3.34. The van der Waals surface area contributed by atoms with Crippen LogP contribution in [0.4, 0.5) is 28.0 Å². The zero-order valence-electron chi connectivity index (χ0n) is 18.0. The maximum Gasteiger partial charge on any atom is 0.324 e. The van der Waals surface area contributed by atoms with Gasteiger partial charge in [-0.25, -0.2) is 13.6 Å². The monoisotopic (exact) mass is 514 g/mol. The first kappa shape index (κ1) is 24.7. The number of likely N-dealkylation sites (tertiary alicyclic amines) is 1. The van der Waals surface area contributed by atoms with Crippen molar-refractivity contribution in [3.8, 4) is 0 Å². The van der Waals surface area contributed by atoms with Crippen LogP contribution in [0.5, 0.6) is 0 Å². The van der Waals surface area contributed by atoms with E-state index < -0.39 is 35.9 Å². The fourth-order valence-corrected chi connectivity index (χ4v) is 3.97. The largest absolute Gasteiger partial charge is 0.380 e. The summed E-state index contributed by atoms with van der Waals surface area (Å²) in [7, 11) is 0. The summed E-state index contributed by atoms with van der Waals surface area (Å²) >= 11 is 5.89. The van der Waals surface area contributed by atoms with Crippen LogP contribution in [-0.2, 0) is 16.1 Å². The molecule has 13 heteroatoms. The van der Waals surface area contributed by atoms with Crippen LogP contribution in [0.15, 0.2) is 36.4 Å². The molecule has 0 atom stereocenters. The lowest BCUT2D eigenvalue weighted by Crippen LogP contribution is -2.68. The quantitative estimate of drug-likeness (QED) is 0.474. The van der Waals surface area contributed by atoms with Crippen molar-refractivity contribution in [3.05, 3.63) is 64.2 Å². The first-order chi connectivity index (χ1) is 16.6. The lowest BCUT2D eigenvalue weighted by atomic mass is 9.78. The second-order valence-electron chi connectivity index (χ2n) is 8.37. The Kier molecular flexibility index (Phi) is 6.86. The van der Waals surface area contributed by atoms with Gasteiger partial charge in [-0.05, 0) is 30.3 Å². The van der Waals surface area contributed by atoms with Gasteiger partial charge in [-0.1, -0.05) is 17.7 Å². The number of hydrogen-bond donors (Lipinski definition) is 2. The average Bonchev–Trinajstić information content (AvgIpc) is 2.76. The first-order valence-electron chi connectivity index (χ1n) is 10.3. The highest BCUT2D eigenvalue weighted by atomic mass is 35.5. The van der Waals surface area contributed by atoms with Gasteiger partial charge < -0.3 is 9.64 Å². The summed E-state index contributed by atoms with van der Waals surface area (Å²) in [5.41, 5.74) is 3.21. The van der Waals surface area contributed by atoms with Gasteiger partial charge in [0.1, 0.15) is 11.6 Å². The van der Waals surface area contributed by atoms with Crippen LogP contribution in [-0.4, -0.2) is 55.5 Å². The Morgan fingerprint density at radius 1 is 1.06 bits per heavy atom. The minimum absolute atomic E-state index is 0.0224. The molecule has 1 spiro atoms. The molecule has 8 nitrogen and oxygen atoms in total. The normalized spacial score (nSPS) is 15.9. The number of hydrazine groups is 1. The third-order valence-corrected chi connectivity index (χ3v) is 6.02. The standard InChI is InChI=1S/C22H19ClF4N4O4/c23-15-6-14(3-4-16(15)24)31(21(34)30-8-22(9-30)10-35-11-22)7-13-2-1-12(5-17(13)25)19(32)28-29-20(33)18(26)27/h1-6,18H,7-11H2,(H,28,32)(H,29,33). The van der Waals surface area contributed by atoms with Gasteiger partial charge in [-0.3, -0.25) is 25.3 Å². The zero-order chi connectivity index (χ0) is 25.3. The number of hydrogen-bond acceptors (Lipinski definition) is 4. The molecule has 2 fully saturated rings. The van der Waals surface area contributed by atoms with E-state index in [-0.39, 0.29) is 33.8 Å². The number of ether oxygens (including phenoxy) is 1. The van der Waals surface area contributed by atoms with Gasteiger partial charge in [0, 0.05) is 29.9 Å². The van der Waals surface area contributed by atoms with E-state index in [9.17, 15) is 31.9 Å². The van der Waals surface area contributed by atoms with E-state index in [1.165, 1.54) is 34.6 Å². The summed E-state index contributed by atoms with van der Waals surface area (Å²) in [5, 5.41) is -0.217. The van der Waals surface area contributed by atoms with Crippen LogP contribution in [0.2, 0.25) is 5.02 Å². The molecule has 0 radical (unpaired) electrons. The van der Waals surface area contributed by atoms with E-state index in [0.717, 1.165) is 12.1 Å². The molecule has 2 saturated heterocycles. The van der Waals surface area contributed by atoms with Gasteiger partial charge >= 0.3 is 18.4 Å². The average molecular weight is 515 g/mol. The molecule has 35 heavy (non-hydrogen) atoms. The lowest BCUT2D eigenvalue weighted by molar-refractivity contribution is -0.174. The van der Waals surface area contributed by atoms with Gasteiger partial charge in [0.15, 0.2) is 0 Å². The molecule has 0 bridgehead atoms. The van der Waals surface area contributed by atoms with Gasteiger partial charge in [0.05, 0.1) is 30.2 Å². The van der Waals surface area contributed by atoms with Crippen LogP contribution in [0, 0.1) is 17.0 Å². The molecular formula is C22H19ClF4N4O4. The fourth-order valence-electron chi connectivity index (χ4n) is 3.80. The smallest absolute Gasteiger partial charge is 0.324 e. The molecule has 0 aromatic heterocycles. The molecule has 4 rings (SSSR count). The van der Waals surface area contributed by atoms with Crippen molar-refractivity contribution in [1.29, 1.82) is 0 Å². The van der Waals surface area contributed by atoms with Crippen LogP contribution < -0.4 is 15.8 Å². The topological polar surface area (TPSA) is 91.0 Å². The maximum atomic E-state index is 14.9.